The Labute approximate surface area is 232 Å². The zero-order valence-corrected chi connectivity index (χ0v) is 22.7. The summed E-state index contributed by atoms with van der Waals surface area (Å²) in [4.78, 5) is 46.6. The molecule has 3 aromatic rings. The summed E-state index contributed by atoms with van der Waals surface area (Å²) in [7, 11) is 0. The van der Waals surface area contributed by atoms with E-state index in [4.69, 9.17) is 9.73 Å². The zero-order valence-electron chi connectivity index (χ0n) is 22.7. The highest BCUT2D eigenvalue weighted by Crippen LogP contribution is 2.36. The lowest BCUT2D eigenvalue weighted by Gasteiger charge is -2.35. The molecule has 1 unspecified atom stereocenters. The summed E-state index contributed by atoms with van der Waals surface area (Å²) in [5, 5.41) is 2.76. The van der Waals surface area contributed by atoms with Gasteiger partial charge in [-0.1, -0.05) is 36.4 Å². The van der Waals surface area contributed by atoms with Crippen LogP contribution in [0.25, 0.3) is 0 Å². The number of hydrogen-bond donors (Lipinski definition) is 1. The Morgan fingerprint density at radius 1 is 0.900 bits per heavy atom. The minimum absolute atomic E-state index is 0.131. The van der Waals surface area contributed by atoms with Crippen LogP contribution in [-0.4, -0.2) is 65.2 Å². The van der Waals surface area contributed by atoms with Crippen molar-refractivity contribution in [3.05, 3.63) is 95.3 Å². The van der Waals surface area contributed by atoms with E-state index in [0.29, 0.717) is 54.4 Å². The zero-order chi connectivity index (χ0) is 28.4. The van der Waals surface area contributed by atoms with Crippen LogP contribution in [-0.2, 0) is 9.53 Å². The Morgan fingerprint density at radius 3 is 2.20 bits per heavy atom. The molecule has 206 valence electrons. The molecule has 3 aromatic carbocycles. The van der Waals surface area contributed by atoms with Crippen LogP contribution in [0.4, 0.5) is 20.6 Å². The second kappa shape index (κ2) is 10.9. The maximum atomic E-state index is 13.8. The minimum Gasteiger partial charge on any atom is -0.444 e. The van der Waals surface area contributed by atoms with E-state index in [-0.39, 0.29) is 17.9 Å². The second-order valence-electron chi connectivity index (χ2n) is 10.8. The van der Waals surface area contributed by atoms with Gasteiger partial charge in [0.15, 0.2) is 0 Å². The van der Waals surface area contributed by atoms with Gasteiger partial charge in [0.25, 0.3) is 5.91 Å². The van der Waals surface area contributed by atoms with E-state index < -0.39 is 17.3 Å². The maximum Gasteiger partial charge on any atom is 0.410 e. The van der Waals surface area contributed by atoms with E-state index in [1.807, 2.05) is 51.1 Å². The summed E-state index contributed by atoms with van der Waals surface area (Å²) in [5.74, 6) is -1.54. The van der Waals surface area contributed by atoms with E-state index in [1.54, 1.807) is 40.1 Å². The number of nitrogens with one attached hydrogen (secondary N) is 1. The lowest BCUT2D eigenvalue weighted by molar-refractivity contribution is -0.115. The molecule has 0 bridgehead atoms. The number of hydrogen-bond acceptors (Lipinski definition) is 5. The molecule has 1 atom stereocenters. The highest BCUT2D eigenvalue weighted by molar-refractivity contribution is 6.24. The summed E-state index contributed by atoms with van der Waals surface area (Å²) in [6.45, 7) is 7.09. The highest BCUT2D eigenvalue weighted by Gasteiger charge is 2.35. The first-order valence-electron chi connectivity index (χ1n) is 13.2. The van der Waals surface area contributed by atoms with Gasteiger partial charge >= 0.3 is 6.09 Å². The Morgan fingerprint density at radius 2 is 1.55 bits per heavy atom. The Hall–Kier alpha value is -4.53. The van der Waals surface area contributed by atoms with Crippen molar-refractivity contribution >= 4 is 35.0 Å². The maximum absolute atomic E-state index is 13.8. The van der Waals surface area contributed by atoms with Gasteiger partial charge in [0.2, 0.25) is 5.91 Å². The largest absolute Gasteiger partial charge is 0.444 e. The molecule has 0 aromatic heterocycles. The van der Waals surface area contributed by atoms with Crippen LogP contribution in [0, 0.1) is 5.82 Å². The number of piperazine rings is 1. The van der Waals surface area contributed by atoms with Crippen molar-refractivity contribution in [3.8, 4) is 0 Å². The summed E-state index contributed by atoms with van der Waals surface area (Å²) < 4.78 is 19.2. The van der Waals surface area contributed by atoms with Crippen LogP contribution >= 0.6 is 0 Å². The first-order valence-corrected chi connectivity index (χ1v) is 13.2. The number of anilines is 1. The molecule has 0 spiro atoms. The van der Waals surface area contributed by atoms with Crippen LogP contribution < -0.4 is 5.32 Å². The van der Waals surface area contributed by atoms with Gasteiger partial charge < -0.3 is 19.9 Å². The molecule has 0 aliphatic carbocycles. The predicted molar refractivity (Wildman–Crippen MR) is 151 cm³/mol. The fourth-order valence-electron chi connectivity index (χ4n) is 4.83. The van der Waals surface area contributed by atoms with Crippen LogP contribution in [0.5, 0.6) is 0 Å². The van der Waals surface area contributed by atoms with Crippen LogP contribution in [0.15, 0.2) is 77.8 Å². The fourth-order valence-corrected chi connectivity index (χ4v) is 4.83. The Bertz CT molecular complexity index is 1460. The standard InChI is InChI=1S/C31H31FN4O4/c1-31(2,3)40-30(39)36-17-15-35(16-18-36)29(38)21-9-12-23(13-10-21)33-27(20-7-5-4-6-8-20)26-24-14-11-22(32)19-25(24)34-28(26)37/h4-14,19,26H,15-18H2,1-3H3,(H,34,37). The van der Waals surface area contributed by atoms with Gasteiger partial charge in [-0.2, -0.15) is 0 Å². The molecule has 1 fully saturated rings. The molecule has 3 amide bonds. The summed E-state index contributed by atoms with van der Waals surface area (Å²) in [6, 6.07) is 20.5. The first kappa shape index (κ1) is 27.1. The van der Waals surface area contributed by atoms with E-state index >= 15 is 0 Å². The average Bonchev–Trinajstić information content (AvgIpc) is 3.25. The number of benzene rings is 3. The van der Waals surface area contributed by atoms with Gasteiger partial charge in [-0.25, -0.2) is 9.18 Å². The van der Waals surface area contributed by atoms with Gasteiger partial charge in [-0.15, -0.1) is 0 Å². The number of rotatable bonds is 4. The van der Waals surface area contributed by atoms with Crippen LogP contribution in [0.1, 0.15) is 48.2 Å². The fraction of sp³-hybridized carbons (Fsp3) is 0.290. The number of amides is 3. The lowest BCUT2D eigenvalue weighted by atomic mass is 9.90. The summed E-state index contributed by atoms with van der Waals surface area (Å²) in [6.07, 6.45) is -0.375. The SMILES string of the molecule is CC(C)(C)OC(=O)N1CCN(C(=O)c2ccc(N=C(c3ccccc3)C3C(=O)Nc4cc(F)ccc43)cc2)CC1. The van der Waals surface area contributed by atoms with Gasteiger partial charge in [-0.05, 0) is 68.3 Å². The number of carbonyl (C=O) groups excluding carboxylic acids is 3. The monoisotopic (exact) mass is 542 g/mol. The molecule has 0 saturated carbocycles. The molecule has 2 aliphatic heterocycles. The topological polar surface area (TPSA) is 91.3 Å². The molecule has 9 heteroatoms. The van der Waals surface area contributed by atoms with Crippen LogP contribution in [0.3, 0.4) is 0 Å². The minimum atomic E-state index is -0.708. The van der Waals surface area contributed by atoms with E-state index in [1.165, 1.54) is 12.1 Å². The summed E-state index contributed by atoms with van der Waals surface area (Å²) in [5.41, 5.74) is 2.90. The normalized spacial score (nSPS) is 17.4. The van der Waals surface area contributed by atoms with Crippen molar-refractivity contribution in [3.63, 3.8) is 0 Å². The Kier molecular flexibility index (Phi) is 7.38. The molecule has 40 heavy (non-hydrogen) atoms. The molecule has 2 aliphatic rings. The molecule has 0 radical (unpaired) electrons. The van der Waals surface area contributed by atoms with Gasteiger partial charge in [-0.3, -0.25) is 14.6 Å². The summed E-state index contributed by atoms with van der Waals surface area (Å²) >= 11 is 0. The van der Waals surface area contributed by atoms with E-state index in [0.717, 1.165) is 5.56 Å². The number of ether oxygens (including phenoxy) is 1. The van der Waals surface area contributed by atoms with Crippen molar-refractivity contribution < 1.29 is 23.5 Å². The van der Waals surface area contributed by atoms with E-state index in [9.17, 15) is 18.8 Å². The molecule has 5 rings (SSSR count). The third-order valence-electron chi connectivity index (χ3n) is 6.77. The lowest BCUT2D eigenvalue weighted by Crippen LogP contribution is -2.51. The molecule has 8 nitrogen and oxygen atoms in total. The molecular weight excluding hydrogens is 511 g/mol. The second-order valence-corrected chi connectivity index (χ2v) is 10.8. The third kappa shape index (κ3) is 5.88. The molecule has 2 heterocycles. The number of nitrogens with zero attached hydrogens (tertiary/aromatic N) is 3. The number of carbonyl (C=O) groups is 3. The average molecular weight is 543 g/mol. The molecular formula is C31H31FN4O4. The highest BCUT2D eigenvalue weighted by atomic mass is 19.1. The number of halogens is 1. The first-order chi connectivity index (χ1) is 19.1. The van der Waals surface area contributed by atoms with Crippen molar-refractivity contribution in [2.45, 2.75) is 32.3 Å². The van der Waals surface area contributed by atoms with Crippen LogP contribution in [0.2, 0.25) is 0 Å². The molecule has 1 N–H and O–H groups in total. The van der Waals surface area contributed by atoms with E-state index in [2.05, 4.69) is 5.32 Å². The quantitative estimate of drug-likeness (QED) is 0.449. The number of fused-ring (bicyclic) bond motifs is 1. The Balaban J connectivity index is 1.34. The predicted octanol–water partition coefficient (Wildman–Crippen LogP) is 5.38. The smallest absolute Gasteiger partial charge is 0.410 e. The van der Waals surface area contributed by atoms with Crippen molar-refractivity contribution in [1.82, 2.24) is 9.80 Å². The number of aliphatic imine (C=N–C) groups is 1. The van der Waals surface area contributed by atoms with Gasteiger partial charge in [0.1, 0.15) is 17.3 Å². The third-order valence-corrected chi connectivity index (χ3v) is 6.77. The molecule has 1 saturated heterocycles. The van der Waals surface area contributed by atoms with Crippen molar-refractivity contribution in [2.75, 3.05) is 31.5 Å². The van der Waals surface area contributed by atoms with Crippen molar-refractivity contribution in [2.24, 2.45) is 4.99 Å². The van der Waals surface area contributed by atoms with Crippen molar-refractivity contribution in [1.29, 1.82) is 0 Å². The van der Waals surface area contributed by atoms with Gasteiger partial charge in [0, 0.05) is 37.4 Å². The van der Waals surface area contributed by atoms with Gasteiger partial charge in [0.05, 0.1) is 11.4 Å².